The maximum Gasteiger partial charge on any atom is 0.243 e. The Bertz CT molecular complexity index is 431. The molecule has 4 nitrogen and oxygen atoms in total. The van der Waals surface area contributed by atoms with E-state index in [2.05, 4.69) is 5.32 Å². The Labute approximate surface area is 125 Å². The quantitative estimate of drug-likeness (QED) is 0.878. The van der Waals surface area contributed by atoms with E-state index in [1.54, 1.807) is 32.0 Å². The Morgan fingerprint density at radius 2 is 2.11 bits per heavy atom. The maximum atomic E-state index is 11.7. The smallest absolute Gasteiger partial charge is 0.243 e. The number of anilines is 1. The van der Waals surface area contributed by atoms with Crippen LogP contribution in [-0.4, -0.2) is 18.1 Å². The zero-order valence-electron chi connectivity index (χ0n) is 11.3. The summed E-state index contributed by atoms with van der Waals surface area (Å²) in [5, 5.41) is 3.17. The molecule has 0 fully saturated rings. The van der Waals surface area contributed by atoms with Gasteiger partial charge in [-0.3, -0.25) is 4.79 Å². The first-order valence-corrected chi connectivity index (χ1v) is 6.25. The number of carbonyl (C=O) groups excluding carboxylic acids is 1. The fraction of sp³-hybridized carbons (Fsp3) is 0.462. The number of rotatable bonds is 5. The molecule has 0 heterocycles. The van der Waals surface area contributed by atoms with Crippen molar-refractivity contribution in [2.75, 3.05) is 11.9 Å². The van der Waals surface area contributed by atoms with Gasteiger partial charge in [0.05, 0.1) is 17.2 Å². The predicted octanol–water partition coefficient (Wildman–Crippen LogP) is 3.23. The molecule has 0 bridgehead atoms. The van der Waals surface area contributed by atoms with Gasteiger partial charge in [0, 0.05) is 5.69 Å². The van der Waals surface area contributed by atoms with Crippen molar-refractivity contribution in [3.8, 4) is 5.75 Å². The second-order valence-corrected chi connectivity index (χ2v) is 5.08. The second kappa shape index (κ2) is 7.58. The molecular formula is C13H20Cl2N2O2. The highest BCUT2D eigenvalue weighted by Gasteiger charge is 2.21. The molecule has 0 radical (unpaired) electrons. The van der Waals surface area contributed by atoms with Crippen LogP contribution >= 0.6 is 24.0 Å². The van der Waals surface area contributed by atoms with Crippen molar-refractivity contribution in [1.29, 1.82) is 0 Å². The summed E-state index contributed by atoms with van der Waals surface area (Å²) in [6, 6.07) is 5.12. The lowest BCUT2D eigenvalue weighted by molar-refractivity contribution is -0.120. The predicted molar refractivity (Wildman–Crippen MR) is 81.4 cm³/mol. The zero-order valence-corrected chi connectivity index (χ0v) is 12.9. The number of benzene rings is 1. The second-order valence-electron chi connectivity index (χ2n) is 4.67. The number of ether oxygens (including phenoxy) is 1. The summed E-state index contributed by atoms with van der Waals surface area (Å²) >= 11 is 6.06. The molecule has 0 atom stereocenters. The van der Waals surface area contributed by atoms with Gasteiger partial charge < -0.3 is 15.8 Å². The summed E-state index contributed by atoms with van der Waals surface area (Å²) in [6.07, 6.45) is 0.913. The molecule has 1 rings (SSSR count). The normalized spacial score (nSPS) is 10.6. The fourth-order valence-electron chi connectivity index (χ4n) is 1.20. The maximum absolute atomic E-state index is 11.7. The molecule has 0 aliphatic rings. The topological polar surface area (TPSA) is 64.3 Å². The van der Waals surface area contributed by atoms with Crippen LogP contribution in [0.2, 0.25) is 5.02 Å². The standard InChI is InChI=1S/C13H19ClN2O2.ClH/c1-4-7-18-11-6-5-9(8-10(11)14)16-12(17)13(2,3)15;/h5-6,8H,4,7,15H2,1-3H3,(H,16,17);1H. The van der Waals surface area contributed by atoms with Crippen LogP contribution in [0.1, 0.15) is 27.2 Å². The minimum absolute atomic E-state index is 0. The third-order valence-electron chi connectivity index (χ3n) is 2.24. The van der Waals surface area contributed by atoms with E-state index in [0.29, 0.717) is 23.1 Å². The van der Waals surface area contributed by atoms with Crippen molar-refractivity contribution in [2.24, 2.45) is 5.73 Å². The van der Waals surface area contributed by atoms with E-state index < -0.39 is 5.54 Å². The van der Waals surface area contributed by atoms with Gasteiger partial charge in [-0.05, 0) is 38.5 Å². The molecule has 0 aliphatic heterocycles. The van der Waals surface area contributed by atoms with Crippen LogP contribution in [0.25, 0.3) is 0 Å². The third kappa shape index (κ3) is 5.68. The van der Waals surface area contributed by atoms with Crippen LogP contribution in [0.15, 0.2) is 18.2 Å². The molecule has 0 saturated heterocycles. The largest absolute Gasteiger partial charge is 0.492 e. The van der Waals surface area contributed by atoms with Gasteiger partial charge in [0.1, 0.15) is 5.75 Å². The summed E-state index contributed by atoms with van der Waals surface area (Å²) < 4.78 is 5.44. The van der Waals surface area contributed by atoms with E-state index in [1.807, 2.05) is 6.92 Å². The van der Waals surface area contributed by atoms with E-state index in [0.717, 1.165) is 6.42 Å². The minimum Gasteiger partial charge on any atom is -0.492 e. The highest BCUT2D eigenvalue weighted by atomic mass is 35.5. The summed E-state index contributed by atoms with van der Waals surface area (Å²) in [6.45, 7) is 5.92. The molecular weight excluding hydrogens is 287 g/mol. The molecule has 0 saturated carbocycles. The Balaban J connectivity index is 0.00000324. The van der Waals surface area contributed by atoms with Gasteiger partial charge >= 0.3 is 0 Å². The summed E-state index contributed by atoms with van der Waals surface area (Å²) in [5.74, 6) is 0.351. The van der Waals surface area contributed by atoms with Crippen LogP contribution in [0.3, 0.4) is 0 Å². The van der Waals surface area contributed by atoms with Gasteiger partial charge in [-0.2, -0.15) is 0 Å². The van der Waals surface area contributed by atoms with E-state index >= 15 is 0 Å². The van der Waals surface area contributed by atoms with E-state index in [-0.39, 0.29) is 18.3 Å². The van der Waals surface area contributed by atoms with Gasteiger partial charge in [0.15, 0.2) is 0 Å². The van der Waals surface area contributed by atoms with Crippen LogP contribution < -0.4 is 15.8 Å². The number of nitrogens with two attached hydrogens (primary N) is 1. The average Bonchev–Trinajstić information content (AvgIpc) is 2.26. The third-order valence-corrected chi connectivity index (χ3v) is 2.53. The first-order valence-electron chi connectivity index (χ1n) is 5.87. The van der Waals surface area contributed by atoms with Crippen LogP contribution in [0, 0.1) is 0 Å². The van der Waals surface area contributed by atoms with Gasteiger partial charge in [-0.1, -0.05) is 18.5 Å². The fourth-order valence-corrected chi connectivity index (χ4v) is 1.43. The van der Waals surface area contributed by atoms with E-state index in [4.69, 9.17) is 22.1 Å². The van der Waals surface area contributed by atoms with Gasteiger partial charge in [-0.25, -0.2) is 0 Å². The van der Waals surface area contributed by atoms with Crippen molar-refractivity contribution in [2.45, 2.75) is 32.7 Å². The van der Waals surface area contributed by atoms with Crippen molar-refractivity contribution in [3.63, 3.8) is 0 Å². The molecule has 1 aromatic rings. The molecule has 1 amide bonds. The number of carbonyl (C=O) groups is 1. The molecule has 0 spiro atoms. The van der Waals surface area contributed by atoms with E-state index in [9.17, 15) is 4.79 Å². The molecule has 3 N–H and O–H groups in total. The summed E-state index contributed by atoms with van der Waals surface area (Å²) in [4.78, 5) is 11.7. The first kappa shape index (κ1) is 18.0. The lowest BCUT2D eigenvalue weighted by Gasteiger charge is -2.18. The Morgan fingerprint density at radius 3 is 2.58 bits per heavy atom. The molecule has 0 aliphatic carbocycles. The molecule has 0 unspecified atom stereocenters. The first-order chi connectivity index (χ1) is 8.34. The van der Waals surface area contributed by atoms with Crippen molar-refractivity contribution in [1.82, 2.24) is 0 Å². The highest BCUT2D eigenvalue weighted by molar-refractivity contribution is 6.32. The monoisotopic (exact) mass is 306 g/mol. The van der Waals surface area contributed by atoms with Gasteiger partial charge in [0.2, 0.25) is 5.91 Å². The summed E-state index contributed by atoms with van der Waals surface area (Å²) in [7, 11) is 0. The minimum atomic E-state index is -0.927. The Morgan fingerprint density at radius 1 is 1.47 bits per heavy atom. The lowest BCUT2D eigenvalue weighted by Crippen LogP contribution is -2.45. The number of nitrogens with one attached hydrogen (secondary N) is 1. The molecule has 108 valence electrons. The zero-order chi connectivity index (χ0) is 13.8. The summed E-state index contributed by atoms with van der Waals surface area (Å²) in [5.41, 5.74) is 5.37. The van der Waals surface area contributed by atoms with Crippen molar-refractivity contribution >= 4 is 35.6 Å². The Hall–Kier alpha value is -0.970. The molecule has 0 aromatic heterocycles. The number of hydrogen-bond acceptors (Lipinski definition) is 3. The highest BCUT2D eigenvalue weighted by Crippen LogP contribution is 2.28. The molecule has 1 aromatic carbocycles. The number of hydrogen-bond donors (Lipinski definition) is 2. The van der Waals surface area contributed by atoms with Crippen LogP contribution in [-0.2, 0) is 4.79 Å². The average molecular weight is 307 g/mol. The number of amides is 1. The molecule has 19 heavy (non-hydrogen) atoms. The number of halogens is 2. The van der Waals surface area contributed by atoms with Crippen molar-refractivity contribution < 1.29 is 9.53 Å². The van der Waals surface area contributed by atoms with Crippen molar-refractivity contribution in [3.05, 3.63) is 23.2 Å². The van der Waals surface area contributed by atoms with E-state index in [1.165, 1.54) is 0 Å². The molecule has 6 heteroatoms. The van der Waals surface area contributed by atoms with Gasteiger partial charge in [0.25, 0.3) is 0 Å². The Kier molecular flexibility index (Phi) is 7.19. The lowest BCUT2D eigenvalue weighted by atomic mass is 10.1. The van der Waals surface area contributed by atoms with Crippen LogP contribution in [0.4, 0.5) is 5.69 Å². The van der Waals surface area contributed by atoms with Crippen LogP contribution in [0.5, 0.6) is 5.75 Å². The SMILES string of the molecule is CCCOc1ccc(NC(=O)C(C)(C)N)cc1Cl.Cl. The van der Waals surface area contributed by atoms with Gasteiger partial charge in [-0.15, -0.1) is 12.4 Å².